The van der Waals surface area contributed by atoms with Crippen molar-refractivity contribution in [1.82, 2.24) is 0 Å². The van der Waals surface area contributed by atoms with Crippen LogP contribution in [0, 0.1) is 17.2 Å². The average Bonchev–Trinajstić information content (AvgIpc) is 2.60. The lowest BCUT2D eigenvalue weighted by Gasteiger charge is -2.38. The number of anilines is 1. The zero-order chi connectivity index (χ0) is 19.2. The summed E-state index contributed by atoms with van der Waals surface area (Å²) in [6.45, 7) is 5.96. The highest BCUT2D eigenvalue weighted by Gasteiger charge is 2.43. The Morgan fingerprint density at radius 1 is 1.42 bits per heavy atom. The topological polar surface area (TPSA) is 88.4 Å². The van der Waals surface area contributed by atoms with Crippen molar-refractivity contribution in [2.45, 2.75) is 58.5 Å². The summed E-state index contributed by atoms with van der Waals surface area (Å²) in [7, 11) is 0. The Balaban J connectivity index is 2.23. The summed E-state index contributed by atoms with van der Waals surface area (Å²) in [6, 6.07) is 6.61. The Morgan fingerprint density at radius 2 is 2.19 bits per heavy atom. The van der Waals surface area contributed by atoms with Crippen LogP contribution in [0.5, 0.6) is 5.75 Å². The summed E-state index contributed by atoms with van der Waals surface area (Å²) >= 11 is 0. The monoisotopic (exact) mass is 358 g/mol. The molecule has 0 saturated heterocycles. The molecule has 0 aromatic heterocycles. The van der Waals surface area contributed by atoms with Crippen LogP contribution in [0.4, 0.5) is 5.69 Å². The third-order valence-corrected chi connectivity index (χ3v) is 4.57. The second-order valence-electron chi connectivity index (χ2n) is 6.91. The number of carbonyl (C=O) groups is 2. The number of carbonyl (C=O) groups excluding carboxylic acids is 2. The molecule has 6 heteroatoms. The summed E-state index contributed by atoms with van der Waals surface area (Å²) in [5, 5.41) is 12.2. The van der Waals surface area contributed by atoms with Crippen molar-refractivity contribution in [2.24, 2.45) is 5.92 Å². The van der Waals surface area contributed by atoms with E-state index < -0.39 is 11.6 Å². The van der Waals surface area contributed by atoms with Gasteiger partial charge in [0.2, 0.25) is 0 Å². The predicted octanol–water partition coefficient (Wildman–Crippen LogP) is 3.80. The zero-order valence-corrected chi connectivity index (χ0v) is 15.6. The van der Waals surface area contributed by atoms with E-state index in [0.717, 1.165) is 19.3 Å². The van der Waals surface area contributed by atoms with Crippen molar-refractivity contribution in [3.63, 3.8) is 0 Å². The molecule has 1 saturated carbocycles. The molecule has 0 bridgehead atoms. The summed E-state index contributed by atoms with van der Waals surface area (Å²) in [5.74, 6) is 0.00597. The first-order chi connectivity index (χ1) is 12.4. The number of nitriles is 1. The quantitative estimate of drug-likeness (QED) is 0.617. The van der Waals surface area contributed by atoms with Gasteiger partial charge in [-0.25, -0.2) is 0 Å². The maximum Gasteiger partial charge on any atom is 0.308 e. The molecule has 0 spiro atoms. The molecule has 2 atom stereocenters. The molecule has 140 valence electrons. The molecule has 6 nitrogen and oxygen atoms in total. The van der Waals surface area contributed by atoms with Crippen LogP contribution < -0.4 is 10.1 Å². The van der Waals surface area contributed by atoms with Crippen LogP contribution in [-0.4, -0.2) is 24.1 Å². The fraction of sp³-hybridized carbons (Fsp3) is 0.550. The Kier molecular flexibility index (Phi) is 6.76. The summed E-state index contributed by atoms with van der Waals surface area (Å²) < 4.78 is 11.0. The summed E-state index contributed by atoms with van der Waals surface area (Å²) in [4.78, 5) is 24.1. The Bertz CT molecular complexity index is 710. The molecule has 1 aromatic rings. The summed E-state index contributed by atoms with van der Waals surface area (Å²) in [6.07, 6.45) is 4.21. The standard InChI is InChI=1S/C20H26N2O4/c1-4-10-25-20(9-5-6-14(2)12-20)19(24)22-18-8-7-17(26-15(3)23)11-16(18)13-21/h7-8,11,14H,4-6,9-10,12H2,1-3H3,(H,22,24)/t14-,20+/m1/s1. The number of hydrogen-bond acceptors (Lipinski definition) is 5. The van der Waals surface area contributed by atoms with Gasteiger partial charge in [-0.15, -0.1) is 0 Å². The van der Waals surface area contributed by atoms with E-state index in [9.17, 15) is 14.9 Å². The molecule has 1 amide bonds. The first kappa shape index (κ1) is 19.9. The van der Waals surface area contributed by atoms with Gasteiger partial charge in [0.25, 0.3) is 5.91 Å². The molecule has 0 aliphatic heterocycles. The predicted molar refractivity (Wildman–Crippen MR) is 97.7 cm³/mol. The van der Waals surface area contributed by atoms with Crippen LogP contribution in [0.2, 0.25) is 0 Å². The van der Waals surface area contributed by atoms with Gasteiger partial charge in [0, 0.05) is 19.6 Å². The van der Waals surface area contributed by atoms with Crippen molar-refractivity contribution < 1.29 is 19.1 Å². The maximum atomic E-state index is 13.0. The van der Waals surface area contributed by atoms with E-state index in [4.69, 9.17) is 9.47 Å². The number of nitrogens with one attached hydrogen (secondary N) is 1. The van der Waals surface area contributed by atoms with Gasteiger partial charge >= 0.3 is 5.97 Å². The fourth-order valence-electron chi connectivity index (χ4n) is 3.39. The molecule has 2 rings (SSSR count). The van der Waals surface area contributed by atoms with E-state index in [0.29, 0.717) is 31.1 Å². The lowest BCUT2D eigenvalue weighted by atomic mass is 9.78. The first-order valence-electron chi connectivity index (χ1n) is 9.08. The van der Waals surface area contributed by atoms with Gasteiger partial charge in [0.1, 0.15) is 17.4 Å². The number of esters is 1. The van der Waals surface area contributed by atoms with E-state index >= 15 is 0 Å². The van der Waals surface area contributed by atoms with Gasteiger partial charge in [-0.2, -0.15) is 5.26 Å². The van der Waals surface area contributed by atoms with Gasteiger partial charge in [-0.1, -0.05) is 20.3 Å². The molecule has 1 aliphatic carbocycles. The number of rotatable bonds is 6. The SMILES string of the molecule is CCCO[C@@]1(C(=O)Nc2ccc(OC(C)=O)cc2C#N)CCC[C@@H](C)C1. The number of hydrogen-bond donors (Lipinski definition) is 1. The minimum absolute atomic E-state index is 0.214. The van der Waals surface area contributed by atoms with Crippen molar-refractivity contribution >= 4 is 17.6 Å². The van der Waals surface area contributed by atoms with Crippen LogP contribution in [0.1, 0.15) is 58.4 Å². The third kappa shape index (κ3) is 4.83. The largest absolute Gasteiger partial charge is 0.427 e. The number of nitrogens with zero attached hydrogens (tertiary/aromatic N) is 1. The minimum atomic E-state index is -0.852. The van der Waals surface area contributed by atoms with E-state index in [1.165, 1.54) is 13.0 Å². The number of benzene rings is 1. The van der Waals surface area contributed by atoms with Gasteiger partial charge in [0.05, 0.1) is 11.3 Å². The third-order valence-electron chi connectivity index (χ3n) is 4.57. The van der Waals surface area contributed by atoms with Crippen molar-refractivity contribution in [1.29, 1.82) is 5.26 Å². The highest BCUT2D eigenvalue weighted by Crippen LogP contribution is 2.36. The van der Waals surface area contributed by atoms with E-state index in [1.54, 1.807) is 12.1 Å². The maximum absolute atomic E-state index is 13.0. The minimum Gasteiger partial charge on any atom is -0.427 e. The van der Waals surface area contributed by atoms with E-state index in [1.807, 2.05) is 13.0 Å². The van der Waals surface area contributed by atoms with E-state index in [2.05, 4.69) is 12.2 Å². The molecular weight excluding hydrogens is 332 g/mol. The molecule has 0 radical (unpaired) electrons. The van der Waals surface area contributed by atoms with Crippen LogP contribution >= 0.6 is 0 Å². The molecule has 1 aromatic carbocycles. The van der Waals surface area contributed by atoms with Crippen molar-refractivity contribution in [3.05, 3.63) is 23.8 Å². The second kappa shape index (κ2) is 8.81. The molecule has 0 heterocycles. The summed E-state index contributed by atoms with van der Waals surface area (Å²) in [5.41, 5.74) is -0.215. The van der Waals surface area contributed by atoms with Crippen molar-refractivity contribution in [3.8, 4) is 11.8 Å². The fourth-order valence-corrected chi connectivity index (χ4v) is 3.39. The van der Waals surface area contributed by atoms with Gasteiger partial charge in [-0.3, -0.25) is 9.59 Å². The van der Waals surface area contributed by atoms with Gasteiger partial charge < -0.3 is 14.8 Å². The Labute approximate surface area is 154 Å². The Hall–Kier alpha value is -2.39. The number of amides is 1. The first-order valence-corrected chi connectivity index (χ1v) is 9.08. The highest BCUT2D eigenvalue weighted by molar-refractivity contribution is 5.98. The van der Waals surface area contributed by atoms with Crippen LogP contribution in [-0.2, 0) is 14.3 Å². The highest BCUT2D eigenvalue weighted by atomic mass is 16.5. The van der Waals surface area contributed by atoms with E-state index in [-0.39, 0.29) is 17.2 Å². The molecular formula is C20H26N2O4. The smallest absolute Gasteiger partial charge is 0.308 e. The molecule has 1 N–H and O–H groups in total. The lowest BCUT2D eigenvalue weighted by molar-refractivity contribution is -0.148. The normalized spacial score (nSPS) is 22.3. The average molecular weight is 358 g/mol. The van der Waals surface area contributed by atoms with Gasteiger partial charge in [-0.05, 0) is 43.7 Å². The van der Waals surface area contributed by atoms with Crippen LogP contribution in [0.15, 0.2) is 18.2 Å². The molecule has 0 unspecified atom stereocenters. The van der Waals surface area contributed by atoms with Crippen molar-refractivity contribution in [2.75, 3.05) is 11.9 Å². The number of ether oxygens (including phenoxy) is 2. The van der Waals surface area contributed by atoms with Gasteiger partial charge in [0.15, 0.2) is 0 Å². The zero-order valence-electron chi connectivity index (χ0n) is 15.6. The second-order valence-corrected chi connectivity index (χ2v) is 6.91. The van der Waals surface area contributed by atoms with Crippen LogP contribution in [0.25, 0.3) is 0 Å². The molecule has 26 heavy (non-hydrogen) atoms. The lowest BCUT2D eigenvalue weighted by Crippen LogP contribution is -2.48. The Morgan fingerprint density at radius 3 is 2.81 bits per heavy atom. The van der Waals surface area contributed by atoms with Crippen LogP contribution in [0.3, 0.4) is 0 Å². The molecule has 1 aliphatic rings. The molecule has 1 fully saturated rings.